The van der Waals surface area contributed by atoms with Crippen LogP contribution in [0.4, 0.5) is 0 Å². The number of fused-ring (bicyclic) bond motifs is 4. The standard InChI is InChI=1S/C24H23N3O2/c1-14-6-2-3-7-16(14)23-22-18(17-8-4-5-9-19(17)25-22)12-20-24(29)26(15-10-11-15)13-21(28)27(20)23/h2-9,15,20,23,25H,10-13H2,1H3/t20-,23+/m0/s1. The Bertz CT molecular complexity index is 1160. The van der Waals surface area contributed by atoms with Crippen molar-refractivity contribution in [3.63, 3.8) is 0 Å². The van der Waals surface area contributed by atoms with Crippen molar-refractivity contribution in [1.29, 1.82) is 0 Å². The highest BCUT2D eigenvalue weighted by Crippen LogP contribution is 2.44. The normalized spacial score (nSPS) is 24.0. The van der Waals surface area contributed by atoms with Gasteiger partial charge >= 0.3 is 0 Å². The lowest BCUT2D eigenvalue weighted by Crippen LogP contribution is -2.63. The van der Waals surface area contributed by atoms with Gasteiger partial charge in [0, 0.05) is 29.1 Å². The highest BCUT2D eigenvalue weighted by Gasteiger charge is 2.50. The maximum absolute atomic E-state index is 13.4. The van der Waals surface area contributed by atoms with Crippen LogP contribution in [0, 0.1) is 6.92 Å². The largest absolute Gasteiger partial charge is 0.356 e. The van der Waals surface area contributed by atoms with Crippen LogP contribution in [0.1, 0.15) is 41.3 Å². The SMILES string of the molecule is Cc1ccccc1[C@@H]1c2[nH]c3ccccc3c2C[C@H]2C(=O)N(C3CC3)CC(=O)N12. The molecular weight excluding hydrogens is 362 g/mol. The molecule has 1 aliphatic carbocycles. The van der Waals surface area contributed by atoms with Crippen LogP contribution in [-0.2, 0) is 16.0 Å². The molecule has 1 saturated heterocycles. The highest BCUT2D eigenvalue weighted by molar-refractivity contribution is 5.98. The molecule has 5 heteroatoms. The number of piperazine rings is 1. The van der Waals surface area contributed by atoms with E-state index in [1.807, 2.05) is 34.1 Å². The molecule has 5 nitrogen and oxygen atoms in total. The van der Waals surface area contributed by atoms with Crippen LogP contribution < -0.4 is 0 Å². The number of nitrogens with one attached hydrogen (secondary N) is 1. The Hall–Kier alpha value is -3.08. The fourth-order valence-corrected chi connectivity index (χ4v) is 5.20. The number of carbonyl (C=O) groups is 2. The fraction of sp³-hybridized carbons (Fsp3) is 0.333. The van der Waals surface area contributed by atoms with E-state index in [9.17, 15) is 9.59 Å². The maximum Gasteiger partial charge on any atom is 0.246 e. The monoisotopic (exact) mass is 385 g/mol. The maximum atomic E-state index is 13.4. The molecule has 1 saturated carbocycles. The zero-order valence-electron chi connectivity index (χ0n) is 16.4. The number of rotatable bonds is 2. The molecule has 0 spiro atoms. The minimum Gasteiger partial charge on any atom is -0.356 e. The average molecular weight is 385 g/mol. The summed E-state index contributed by atoms with van der Waals surface area (Å²) in [6.45, 7) is 2.28. The van der Waals surface area contributed by atoms with E-state index in [4.69, 9.17) is 0 Å². The van der Waals surface area contributed by atoms with Crippen molar-refractivity contribution >= 4 is 22.7 Å². The molecule has 2 aromatic carbocycles. The summed E-state index contributed by atoms with van der Waals surface area (Å²) in [5.41, 5.74) is 5.51. The minimum atomic E-state index is -0.423. The van der Waals surface area contributed by atoms with Crippen LogP contribution in [0.15, 0.2) is 48.5 Å². The summed E-state index contributed by atoms with van der Waals surface area (Å²) in [6, 6.07) is 16.0. The summed E-state index contributed by atoms with van der Waals surface area (Å²) in [5.74, 6) is 0.167. The number of hydrogen-bond donors (Lipinski definition) is 1. The zero-order chi connectivity index (χ0) is 19.7. The number of aryl methyl sites for hydroxylation is 1. The summed E-state index contributed by atoms with van der Waals surface area (Å²) in [6.07, 6.45) is 2.62. The van der Waals surface area contributed by atoms with Crippen molar-refractivity contribution in [3.05, 3.63) is 70.9 Å². The molecule has 2 fully saturated rings. The van der Waals surface area contributed by atoms with Gasteiger partial charge in [-0.15, -0.1) is 0 Å². The third kappa shape index (κ3) is 2.40. The number of benzene rings is 2. The lowest BCUT2D eigenvalue weighted by Gasteiger charge is -2.47. The Morgan fingerprint density at radius 3 is 2.55 bits per heavy atom. The summed E-state index contributed by atoms with van der Waals surface area (Å²) in [4.78, 5) is 34.1. The molecule has 3 aromatic rings. The van der Waals surface area contributed by atoms with E-state index in [0.717, 1.165) is 40.6 Å². The average Bonchev–Trinajstić information content (AvgIpc) is 3.50. The van der Waals surface area contributed by atoms with Gasteiger partial charge in [0.05, 0.1) is 6.04 Å². The van der Waals surface area contributed by atoms with Crippen LogP contribution in [0.25, 0.3) is 10.9 Å². The summed E-state index contributed by atoms with van der Waals surface area (Å²) >= 11 is 0. The third-order valence-electron chi connectivity index (χ3n) is 6.76. The predicted molar refractivity (Wildman–Crippen MR) is 110 cm³/mol. The number of aromatic nitrogens is 1. The molecule has 6 rings (SSSR count). The van der Waals surface area contributed by atoms with Gasteiger partial charge in [0.2, 0.25) is 11.8 Å². The molecule has 2 amide bonds. The molecule has 0 radical (unpaired) electrons. The topological polar surface area (TPSA) is 56.4 Å². The number of para-hydroxylation sites is 1. The Morgan fingerprint density at radius 1 is 1.00 bits per heavy atom. The summed E-state index contributed by atoms with van der Waals surface area (Å²) in [7, 11) is 0. The molecule has 0 unspecified atom stereocenters. The predicted octanol–water partition coefficient (Wildman–Crippen LogP) is 3.32. The molecule has 0 bridgehead atoms. The van der Waals surface area contributed by atoms with Crippen LogP contribution >= 0.6 is 0 Å². The van der Waals surface area contributed by atoms with Crippen molar-refractivity contribution in [1.82, 2.24) is 14.8 Å². The zero-order valence-corrected chi connectivity index (χ0v) is 16.4. The van der Waals surface area contributed by atoms with Crippen molar-refractivity contribution in [2.45, 2.75) is 44.3 Å². The van der Waals surface area contributed by atoms with Gasteiger partial charge in [-0.25, -0.2) is 0 Å². The van der Waals surface area contributed by atoms with Crippen molar-refractivity contribution < 1.29 is 9.59 Å². The quantitative estimate of drug-likeness (QED) is 0.736. The van der Waals surface area contributed by atoms with Gasteiger partial charge in [0.1, 0.15) is 12.6 Å². The third-order valence-corrected chi connectivity index (χ3v) is 6.76. The molecule has 146 valence electrons. The van der Waals surface area contributed by atoms with Crippen molar-refractivity contribution in [2.75, 3.05) is 6.54 Å². The van der Waals surface area contributed by atoms with Crippen LogP contribution in [0.2, 0.25) is 0 Å². The molecule has 29 heavy (non-hydrogen) atoms. The Morgan fingerprint density at radius 2 is 1.76 bits per heavy atom. The van der Waals surface area contributed by atoms with Crippen LogP contribution in [0.3, 0.4) is 0 Å². The van der Waals surface area contributed by atoms with Crippen LogP contribution in [0.5, 0.6) is 0 Å². The summed E-state index contributed by atoms with van der Waals surface area (Å²) in [5, 5.41) is 1.16. The number of hydrogen-bond acceptors (Lipinski definition) is 2. The second-order valence-electron chi connectivity index (χ2n) is 8.54. The van der Waals surface area contributed by atoms with E-state index in [1.165, 1.54) is 5.56 Å². The van der Waals surface area contributed by atoms with Crippen molar-refractivity contribution in [2.24, 2.45) is 0 Å². The first-order valence-electron chi connectivity index (χ1n) is 10.4. The molecule has 1 aromatic heterocycles. The van der Waals surface area contributed by atoms with E-state index >= 15 is 0 Å². The number of aromatic amines is 1. The molecule has 2 atom stereocenters. The first-order chi connectivity index (χ1) is 14.1. The van der Waals surface area contributed by atoms with Gasteiger partial charge in [-0.3, -0.25) is 9.59 Å². The van der Waals surface area contributed by atoms with Gasteiger partial charge in [-0.05, 0) is 42.5 Å². The van der Waals surface area contributed by atoms with E-state index in [-0.39, 0.29) is 30.4 Å². The van der Waals surface area contributed by atoms with Gasteiger partial charge in [-0.1, -0.05) is 42.5 Å². The lowest BCUT2D eigenvalue weighted by molar-refractivity contribution is -0.159. The Labute approximate surface area is 169 Å². The van der Waals surface area contributed by atoms with E-state index in [1.54, 1.807) is 0 Å². The van der Waals surface area contributed by atoms with Gasteiger partial charge < -0.3 is 14.8 Å². The van der Waals surface area contributed by atoms with Gasteiger partial charge in [0.25, 0.3) is 0 Å². The summed E-state index contributed by atoms with van der Waals surface area (Å²) < 4.78 is 0. The first kappa shape index (κ1) is 16.8. The molecular formula is C24H23N3O2. The molecule has 1 N–H and O–H groups in total. The second kappa shape index (κ2) is 5.96. The van der Waals surface area contributed by atoms with Gasteiger partial charge in [0.15, 0.2) is 0 Å². The Balaban J connectivity index is 1.58. The molecule has 2 aliphatic heterocycles. The molecule has 3 heterocycles. The lowest BCUT2D eigenvalue weighted by atomic mass is 9.85. The van der Waals surface area contributed by atoms with Gasteiger partial charge in [-0.2, -0.15) is 0 Å². The smallest absolute Gasteiger partial charge is 0.246 e. The number of nitrogens with zero attached hydrogens (tertiary/aromatic N) is 2. The molecule has 3 aliphatic rings. The second-order valence-corrected chi connectivity index (χ2v) is 8.54. The highest BCUT2D eigenvalue weighted by atomic mass is 16.2. The van der Waals surface area contributed by atoms with E-state index < -0.39 is 6.04 Å². The minimum absolute atomic E-state index is 0.0547. The van der Waals surface area contributed by atoms with Crippen molar-refractivity contribution in [3.8, 4) is 0 Å². The van der Waals surface area contributed by atoms with Crippen LogP contribution in [-0.4, -0.2) is 45.2 Å². The van der Waals surface area contributed by atoms with E-state index in [2.05, 4.69) is 36.2 Å². The number of H-pyrrole nitrogens is 1. The first-order valence-corrected chi connectivity index (χ1v) is 10.4. The van der Waals surface area contributed by atoms with E-state index in [0.29, 0.717) is 6.42 Å². The number of carbonyl (C=O) groups excluding carboxylic acids is 2. The number of amides is 2. The fourth-order valence-electron chi connectivity index (χ4n) is 5.20. The Kier molecular flexibility index (Phi) is 3.46.